The van der Waals surface area contributed by atoms with Crippen LogP contribution in [-0.2, 0) is 19.7 Å². The first-order valence-corrected chi connectivity index (χ1v) is 6.92. The van der Waals surface area contributed by atoms with Gasteiger partial charge in [0.25, 0.3) is 0 Å². The Morgan fingerprint density at radius 3 is 2.20 bits per heavy atom. The van der Waals surface area contributed by atoms with Gasteiger partial charge in [-0.05, 0) is 39.7 Å². The third-order valence-corrected chi connectivity index (χ3v) is 4.03. The van der Waals surface area contributed by atoms with Crippen LogP contribution >= 0.6 is 0 Å². The van der Waals surface area contributed by atoms with E-state index in [1.165, 1.54) is 0 Å². The van der Waals surface area contributed by atoms with Crippen LogP contribution in [0.5, 0.6) is 0 Å². The van der Waals surface area contributed by atoms with Gasteiger partial charge >= 0.3 is 5.97 Å². The summed E-state index contributed by atoms with van der Waals surface area (Å²) >= 11 is 0. The van der Waals surface area contributed by atoms with E-state index >= 15 is 0 Å². The second-order valence-electron chi connectivity index (χ2n) is 6.99. The Morgan fingerprint density at radius 2 is 1.80 bits per heavy atom. The van der Waals surface area contributed by atoms with E-state index in [1.807, 2.05) is 58.9 Å². The van der Waals surface area contributed by atoms with Gasteiger partial charge in [0.05, 0.1) is 0 Å². The molecule has 0 aromatic heterocycles. The van der Waals surface area contributed by atoms with Gasteiger partial charge in [-0.1, -0.05) is 36.8 Å². The van der Waals surface area contributed by atoms with E-state index in [-0.39, 0.29) is 5.97 Å². The van der Waals surface area contributed by atoms with Crippen LogP contribution < -0.4 is 0 Å². The highest BCUT2D eigenvalue weighted by molar-refractivity contribution is 5.95. The maximum absolute atomic E-state index is 12.6. The van der Waals surface area contributed by atoms with E-state index in [4.69, 9.17) is 4.74 Å². The van der Waals surface area contributed by atoms with Crippen molar-refractivity contribution >= 4 is 12.3 Å². The van der Waals surface area contributed by atoms with E-state index in [0.717, 1.165) is 17.4 Å². The topological polar surface area (TPSA) is 43.4 Å². The first-order chi connectivity index (χ1) is 9.14. The lowest BCUT2D eigenvalue weighted by molar-refractivity contribution is -0.159. The lowest BCUT2D eigenvalue weighted by Gasteiger charge is -2.26. The maximum atomic E-state index is 12.6. The highest BCUT2D eigenvalue weighted by atomic mass is 16.6. The number of benzene rings is 1. The molecular formula is C17H22O3. The third-order valence-electron chi connectivity index (χ3n) is 4.03. The van der Waals surface area contributed by atoms with Gasteiger partial charge in [0.2, 0.25) is 0 Å². The summed E-state index contributed by atoms with van der Waals surface area (Å²) in [6, 6.07) is 7.78. The van der Waals surface area contributed by atoms with Gasteiger partial charge in [-0.2, -0.15) is 0 Å². The molecule has 1 aromatic rings. The molecule has 0 saturated heterocycles. The third kappa shape index (κ3) is 2.26. The number of ether oxygens (including phenoxy) is 1. The van der Waals surface area contributed by atoms with Gasteiger partial charge in [-0.25, -0.2) is 0 Å². The molecule has 1 aliphatic rings. The SMILES string of the molecule is Cc1ccc([C@]2(C(=O)OC(C)(C)C)C[C@]2(C)C=O)cc1. The molecule has 1 aliphatic carbocycles. The summed E-state index contributed by atoms with van der Waals surface area (Å²) < 4.78 is 5.55. The minimum atomic E-state index is -0.824. The monoisotopic (exact) mass is 274 g/mol. The van der Waals surface area contributed by atoms with E-state index in [1.54, 1.807) is 0 Å². The highest BCUT2D eigenvalue weighted by Crippen LogP contribution is 2.64. The van der Waals surface area contributed by atoms with E-state index in [9.17, 15) is 9.59 Å². The summed E-state index contributed by atoms with van der Waals surface area (Å²) in [6.45, 7) is 9.34. The van der Waals surface area contributed by atoms with Crippen LogP contribution in [0, 0.1) is 12.3 Å². The maximum Gasteiger partial charge on any atom is 0.318 e. The van der Waals surface area contributed by atoms with Gasteiger partial charge < -0.3 is 9.53 Å². The first-order valence-electron chi connectivity index (χ1n) is 6.92. The summed E-state index contributed by atoms with van der Waals surface area (Å²) in [6.07, 6.45) is 1.40. The van der Waals surface area contributed by atoms with Crippen molar-refractivity contribution in [3.05, 3.63) is 35.4 Å². The van der Waals surface area contributed by atoms with Crippen LogP contribution in [0.3, 0.4) is 0 Å². The number of carbonyl (C=O) groups excluding carboxylic acids is 2. The Labute approximate surface area is 120 Å². The average molecular weight is 274 g/mol. The molecule has 3 heteroatoms. The van der Waals surface area contributed by atoms with E-state index in [0.29, 0.717) is 6.42 Å². The van der Waals surface area contributed by atoms with Gasteiger partial charge in [-0.15, -0.1) is 0 Å². The average Bonchev–Trinajstić information content (AvgIpc) is 2.97. The molecule has 0 aliphatic heterocycles. The lowest BCUT2D eigenvalue weighted by atomic mass is 9.87. The zero-order chi connectivity index (χ0) is 15.2. The minimum Gasteiger partial charge on any atom is -0.459 e. The number of rotatable bonds is 3. The zero-order valence-electron chi connectivity index (χ0n) is 12.8. The fourth-order valence-electron chi connectivity index (χ4n) is 2.71. The van der Waals surface area contributed by atoms with Crippen molar-refractivity contribution in [1.82, 2.24) is 0 Å². The van der Waals surface area contributed by atoms with Crippen molar-refractivity contribution in [2.75, 3.05) is 0 Å². The normalized spacial score (nSPS) is 28.9. The Kier molecular flexibility index (Phi) is 3.28. The first kappa shape index (κ1) is 14.8. The summed E-state index contributed by atoms with van der Waals surface area (Å²) in [5.74, 6) is -0.302. The predicted molar refractivity (Wildman–Crippen MR) is 77.5 cm³/mol. The van der Waals surface area contributed by atoms with Crippen LogP contribution in [0.25, 0.3) is 0 Å². The molecule has 0 unspecified atom stereocenters. The summed E-state index contributed by atoms with van der Waals surface area (Å²) in [7, 11) is 0. The van der Waals surface area contributed by atoms with Gasteiger partial charge in [0.15, 0.2) is 0 Å². The van der Waals surface area contributed by atoms with Gasteiger partial charge in [-0.3, -0.25) is 4.79 Å². The molecule has 0 bridgehead atoms. The molecule has 0 radical (unpaired) electrons. The molecule has 0 spiro atoms. The molecule has 108 valence electrons. The number of aldehydes is 1. The standard InChI is InChI=1S/C17H22O3/c1-12-6-8-13(9-7-12)17(10-16(17,5)11-18)14(19)20-15(2,3)4/h6-9,11H,10H2,1-5H3/t16-,17+/m1/s1. The molecule has 2 atom stereocenters. The fraction of sp³-hybridized carbons (Fsp3) is 0.529. The smallest absolute Gasteiger partial charge is 0.318 e. The predicted octanol–water partition coefficient (Wildman–Crippen LogP) is 3.18. The second kappa shape index (κ2) is 4.44. The molecule has 0 N–H and O–H groups in total. The molecular weight excluding hydrogens is 252 g/mol. The van der Waals surface area contributed by atoms with Crippen molar-refractivity contribution in [3.63, 3.8) is 0 Å². The number of esters is 1. The minimum absolute atomic E-state index is 0.302. The number of hydrogen-bond acceptors (Lipinski definition) is 3. The Morgan fingerprint density at radius 1 is 1.25 bits per heavy atom. The van der Waals surface area contributed by atoms with E-state index in [2.05, 4.69) is 0 Å². The highest BCUT2D eigenvalue weighted by Gasteiger charge is 2.71. The molecule has 3 nitrogen and oxygen atoms in total. The largest absolute Gasteiger partial charge is 0.459 e. The van der Waals surface area contributed by atoms with Crippen molar-refractivity contribution in [2.24, 2.45) is 5.41 Å². The second-order valence-corrected chi connectivity index (χ2v) is 6.99. The molecule has 0 heterocycles. The number of carbonyl (C=O) groups is 2. The van der Waals surface area contributed by atoms with Crippen LogP contribution in [0.2, 0.25) is 0 Å². The van der Waals surface area contributed by atoms with Crippen LogP contribution in [-0.4, -0.2) is 17.9 Å². The van der Waals surface area contributed by atoms with Crippen LogP contribution in [0.4, 0.5) is 0 Å². The molecule has 1 aromatic carbocycles. The lowest BCUT2D eigenvalue weighted by Crippen LogP contribution is -2.35. The molecule has 2 rings (SSSR count). The van der Waals surface area contributed by atoms with Crippen molar-refractivity contribution < 1.29 is 14.3 Å². The Hall–Kier alpha value is -1.64. The van der Waals surface area contributed by atoms with Crippen molar-refractivity contribution in [1.29, 1.82) is 0 Å². The van der Waals surface area contributed by atoms with Crippen molar-refractivity contribution in [2.45, 2.75) is 52.1 Å². The zero-order valence-corrected chi connectivity index (χ0v) is 12.8. The summed E-state index contributed by atoms with van der Waals surface area (Å²) in [5.41, 5.74) is -0.0462. The molecule has 20 heavy (non-hydrogen) atoms. The molecule has 0 amide bonds. The number of hydrogen-bond donors (Lipinski definition) is 0. The quantitative estimate of drug-likeness (QED) is 0.628. The van der Waals surface area contributed by atoms with Crippen LogP contribution in [0.1, 0.15) is 45.2 Å². The van der Waals surface area contributed by atoms with E-state index < -0.39 is 16.4 Å². The summed E-state index contributed by atoms with van der Waals surface area (Å²) in [5, 5.41) is 0. The van der Waals surface area contributed by atoms with Gasteiger partial charge in [0, 0.05) is 5.41 Å². The Bertz CT molecular complexity index is 538. The number of aryl methyl sites for hydroxylation is 1. The molecule has 1 saturated carbocycles. The van der Waals surface area contributed by atoms with Crippen molar-refractivity contribution in [3.8, 4) is 0 Å². The fourth-order valence-corrected chi connectivity index (χ4v) is 2.71. The van der Waals surface area contributed by atoms with Crippen LogP contribution in [0.15, 0.2) is 24.3 Å². The Balaban J connectivity index is 2.41. The molecule has 1 fully saturated rings. The van der Waals surface area contributed by atoms with Gasteiger partial charge in [0.1, 0.15) is 17.3 Å². The summed E-state index contributed by atoms with van der Waals surface area (Å²) in [4.78, 5) is 24.0.